The summed E-state index contributed by atoms with van der Waals surface area (Å²) in [5.74, 6) is -5.93. The van der Waals surface area contributed by atoms with Gasteiger partial charge in [-0.2, -0.15) is 0 Å². The number of ether oxygens (including phenoxy) is 1. The molecule has 2 aromatic rings. The topological polar surface area (TPSA) is 76.6 Å². The summed E-state index contributed by atoms with van der Waals surface area (Å²) in [5.41, 5.74) is 0.156. The number of hydrogen-bond acceptors (Lipinski definition) is 6. The Labute approximate surface area is 159 Å². The lowest BCUT2D eigenvalue weighted by molar-refractivity contribution is 0.0608. The van der Waals surface area contributed by atoms with E-state index in [1.165, 1.54) is 31.7 Å². The zero-order chi connectivity index (χ0) is 19.9. The van der Waals surface area contributed by atoms with Gasteiger partial charge >= 0.3 is 6.09 Å². The molecular formula is C14H12BrF3N2O4S2. The van der Waals surface area contributed by atoms with Gasteiger partial charge in [-0.1, -0.05) is 0 Å². The van der Waals surface area contributed by atoms with Crippen molar-refractivity contribution in [1.82, 2.24) is 4.98 Å². The minimum atomic E-state index is -5.02. The SMILES string of the molecule is CC(C)(C)OC(=O)N(c1cscn1)S(=O)(=O)c1c(Br)cc(F)c(F)c1F. The maximum absolute atomic E-state index is 14.2. The van der Waals surface area contributed by atoms with Crippen LogP contribution in [0.3, 0.4) is 0 Å². The Bertz CT molecular complexity index is 944. The summed E-state index contributed by atoms with van der Waals surface area (Å²) in [6.07, 6.45) is -1.38. The molecule has 142 valence electrons. The van der Waals surface area contributed by atoms with Crippen molar-refractivity contribution in [3.63, 3.8) is 0 Å². The molecule has 0 atom stereocenters. The second-order valence-electron chi connectivity index (χ2n) is 5.89. The first-order chi connectivity index (χ1) is 11.9. The molecule has 1 aromatic heterocycles. The van der Waals surface area contributed by atoms with Crippen molar-refractivity contribution < 1.29 is 31.1 Å². The molecule has 0 saturated heterocycles. The molecule has 0 aliphatic carbocycles. The molecule has 0 bridgehead atoms. The summed E-state index contributed by atoms with van der Waals surface area (Å²) in [6, 6.07) is 0.444. The van der Waals surface area contributed by atoms with Crippen molar-refractivity contribution in [3.05, 3.63) is 38.9 Å². The molecule has 0 saturated carbocycles. The fourth-order valence-electron chi connectivity index (χ4n) is 1.80. The Morgan fingerprint density at radius 1 is 1.27 bits per heavy atom. The lowest BCUT2D eigenvalue weighted by Crippen LogP contribution is -2.41. The number of nitrogens with zero attached hydrogens (tertiary/aromatic N) is 2. The number of aromatic nitrogens is 1. The first-order valence-electron chi connectivity index (χ1n) is 6.85. The van der Waals surface area contributed by atoms with Crippen LogP contribution in [-0.2, 0) is 14.8 Å². The quantitative estimate of drug-likeness (QED) is 0.486. The average molecular weight is 473 g/mol. The molecule has 12 heteroatoms. The van der Waals surface area contributed by atoms with Crippen LogP contribution in [0, 0.1) is 17.5 Å². The zero-order valence-corrected chi connectivity index (χ0v) is 16.8. The monoisotopic (exact) mass is 472 g/mol. The summed E-state index contributed by atoms with van der Waals surface area (Å²) >= 11 is 3.65. The molecular weight excluding hydrogens is 461 g/mol. The number of sulfonamides is 1. The summed E-state index contributed by atoms with van der Waals surface area (Å²) in [7, 11) is -5.02. The predicted octanol–water partition coefficient (Wildman–Crippen LogP) is 4.45. The van der Waals surface area contributed by atoms with Gasteiger partial charge in [0.15, 0.2) is 23.3 Å². The number of carbonyl (C=O) groups is 1. The molecule has 0 fully saturated rings. The van der Waals surface area contributed by atoms with Gasteiger partial charge in [-0.05, 0) is 42.8 Å². The highest BCUT2D eigenvalue weighted by molar-refractivity contribution is 9.10. The van der Waals surface area contributed by atoms with Crippen LogP contribution in [0.2, 0.25) is 0 Å². The average Bonchev–Trinajstić information content (AvgIpc) is 2.95. The van der Waals surface area contributed by atoms with Gasteiger partial charge in [0, 0.05) is 9.85 Å². The van der Waals surface area contributed by atoms with Crippen LogP contribution in [0.1, 0.15) is 20.8 Å². The van der Waals surface area contributed by atoms with Crippen molar-refractivity contribution in [2.24, 2.45) is 0 Å². The molecule has 2 rings (SSSR count). The molecule has 0 aliphatic rings. The summed E-state index contributed by atoms with van der Waals surface area (Å²) in [5, 5.41) is 1.20. The first-order valence-corrected chi connectivity index (χ1v) is 10.0. The predicted molar refractivity (Wildman–Crippen MR) is 92.0 cm³/mol. The zero-order valence-electron chi connectivity index (χ0n) is 13.6. The largest absolute Gasteiger partial charge is 0.443 e. The Hall–Kier alpha value is -1.66. The normalized spacial score (nSPS) is 12.1. The van der Waals surface area contributed by atoms with Crippen LogP contribution in [0.25, 0.3) is 0 Å². The first kappa shape index (κ1) is 20.6. The fraction of sp³-hybridized carbons (Fsp3) is 0.286. The maximum atomic E-state index is 14.2. The molecule has 0 spiro atoms. The van der Waals surface area contributed by atoms with E-state index in [0.29, 0.717) is 6.07 Å². The molecule has 1 aromatic carbocycles. The van der Waals surface area contributed by atoms with Gasteiger partial charge in [0.1, 0.15) is 10.5 Å². The van der Waals surface area contributed by atoms with E-state index in [1.54, 1.807) is 0 Å². The third-order valence-corrected chi connectivity index (χ3v) is 5.95. The second-order valence-corrected chi connectivity index (χ2v) is 9.19. The minimum absolute atomic E-state index is 0.0925. The number of rotatable bonds is 3. The van der Waals surface area contributed by atoms with E-state index < -0.39 is 48.5 Å². The number of benzene rings is 1. The van der Waals surface area contributed by atoms with Gasteiger partial charge in [-0.25, -0.2) is 31.4 Å². The van der Waals surface area contributed by atoms with Crippen LogP contribution in [0.5, 0.6) is 0 Å². The maximum Gasteiger partial charge on any atom is 0.430 e. The number of hydrogen-bond donors (Lipinski definition) is 0. The summed E-state index contributed by atoms with van der Waals surface area (Å²) < 4.78 is 71.4. The standard InChI is InChI=1S/C14H12BrF3N2O4S2/c1-14(2,3)24-13(21)20(9-5-25-6-19-9)26(22,23)12-7(15)4-8(16)10(17)11(12)18/h4-6H,1-3H3. The molecule has 1 amide bonds. The van der Waals surface area contributed by atoms with Crippen molar-refractivity contribution in [1.29, 1.82) is 0 Å². The van der Waals surface area contributed by atoms with E-state index >= 15 is 0 Å². The van der Waals surface area contributed by atoms with Crippen LogP contribution in [0.4, 0.5) is 23.8 Å². The van der Waals surface area contributed by atoms with Crippen molar-refractivity contribution >= 4 is 49.2 Å². The smallest absolute Gasteiger partial charge is 0.430 e. The Morgan fingerprint density at radius 2 is 1.88 bits per heavy atom. The molecule has 26 heavy (non-hydrogen) atoms. The second kappa shape index (κ2) is 7.16. The van der Waals surface area contributed by atoms with Crippen LogP contribution in [-0.4, -0.2) is 25.1 Å². The van der Waals surface area contributed by atoms with E-state index in [-0.39, 0.29) is 10.1 Å². The van der Waals surface area contributed by atoms with E-state index in [0.717, 1.165) is 11.3 Å². The third kappa shape index (κ3) is 4.01. The third-order valence-electron chi connectivity index (χ3n) is 2.76. The number of anilines is 1. The van der Waals surface area contributed by atoms with Gasteiger partial charge in [-0.15, -0.1) is 15.6 Å². The summed E-state index contributed by atoms with van der Waals surface area (Å²) in [4.78, 5) is 14.9. The van der Waals surface area contributed by atoms with Crippen molar-refractivity contribution in [2.75, 3.05) is 4.31 Å². The van der Waals surface area contributed by atoms with Crippen LogP contribution in [0.15, 0.2) is 26.3 Å². The van der Waals surface area contributed by atoms with Gasteiger partial charge in [0.05, 0.1) is 5.51 Å². The highest BCUT2D eigenvalue weighted by Crippen LogP contribution is 2.34. The molecule has 0 unspecified atom stereocenters. The van der Waals surface area contributed by atoms with Crippen molar-refractivity contribution in [3.8, 4) is 0 Å². The highest BCUT2D eigenvalue weighted by atomic mass is 79.9. The molecule has 1 heterocycles. The number of carbonyl (C=O) groups excluding carboxylic acids is 1. The van der Waals surface area contributed by atoms with Gasteiger partial charge in [-0.3, -0.25) is 0 Å². The number of halogens is 4. The van der Waals surface area contributed by atoms with Crippen LogP contribution < -0.4 is 4.31 Å². The molecule has 0 radical (unpaired) electrons. The Morgan fingerprint density at radius 3 is 2.38 bits per heavy atom. The van der Waals surface area contributed by atoms with Crippen LogP contribution >= 0.6 is 27.3 Å². The number of amides is 1. The Kier molecular flexibility index (Phi) is 5.69. The Balaban J connectivity index is 2.69. The highest BCUT2D eigenvalue weighted by Gasteiger charge is 2.40. The molecule has 0 aliphatic heterocycles. The molecule has 0 N–H and O–H groups in total. The minimum Gasteiger partial charge on any atom is -0.443 e. The van der Waals surface area contributed by atoms with Gasteiger partial charge < -0.3 is 4.74 Å². The lowest BCUT2D eigenvalue weighted by Gasteiger charge is -2.26. The fourth-order valence-corrected chi connectivity index (χ4v) is 4.76. The van der Waals surface area contributed by atoms with E-state index in [9.17, 15) is 26.4 Å². The summed E-state index contributed by atoms with van der Waals surface area (Å²) in [6.45, 7) is 4.47. The van der Waals surface area contributed by atoms with E-state index in [2.05, 4.69) is 20.9 Å². The number of thiazole rings is 1. The lowest BCUT2D eigenvalue weighted by atomic mass is 10.2. The van der Waals surface area contributed by atoms with E-state index in [4.69, 9.17) is 4.74 Å². The van der Waals surface area contributed by atoms with Crippen molar-refractivity contribution in [2.45, 2.75) is 31.3 Å². The van der Waals surface area contributed by atoms with E-state index in [1.807, 2.05) is 0 Å². The van der Waals surface area contributed by atoms with Gasteiger partial charge in [0.2, 0.25) is 0 Å². The van der Waals surface area contributed by atoms with Gasteiger partial charge in [0.25, 0.3) is 10.0 Å². The molecule has 6 nitrogen and oxygen atoms in total.